The maximum atomic E-state index is 3.60. The molecular weight excluding hydrogens is 182 g/mol. The van der Waals surface area contributed by atoms with Gasteiger partial charge in [0.15, 0.2) is 0 Å². The summed E-state index contributed by atoms with van der Waals surface area (Å²) in [6.07, 6.45) is 5.67. The maximum Gasteiger partial charge on any atom is 0.0420 e. The lowest BCUT2D eigenvalue weighted by atomic mass is 10.1. The second-order valence-electron chi connectivity index (χ2n) is 3.57. The molecule has 0 aliphatic heterocycles. The molecule has 0 saturated carbocycles. The van der Waals surface area contributed by atoms with Gasteiger partial charge in [-0.15, -0.1) is 5.73 Å². The summed E-state index contributed by atoms with van der Waals surface area (Å²) < 4.78 is 0. The van der Waals surface area contributed by atoms with E-state index >= 15 is 0 Å². The number of nitrogens with one attached hydrogen (secondary N) is 1. The van der Waals surface area contributed by atoms with Crippen LogP contribution in [0.1, 0.15) is 31.7 Å². The molecule has 0 spiro atoms. The fourth-order valence-electron chi connectivity index (χ4n) is 1.49. The number of rotatable bonds is 6. The van der Waals surface area contributed by atoms with Crippen LogP contribution < -0.4 is 5.32 Å². The monoisotopic (exact) mass is 201 g/mol. The molecule has 0 fully saturated rings. The van der Waals surface area contributed by atoms with Gasteiger partial charge in [0.25, 0.3) is 0 Å². The van der Waals surface area contributed by atoms with E-state index in [0.29, 0.717) is 0 Å². The zero-order valence-corrected chi connectivity index (χ0v) is 9.42. The summed E-state index contributed by atoms with van der Waals surface area (Å²) in [6.45, 7) is 6.85. The van der Waals surface area contributed by atoms with Gasteiger partial charge in [0.1, 0.15) is 0 Å². The average molecular weight is 201 g/mol. The van der Waals surface area contributed by atoms with Crippen LogP contribution in [0.5, 0.6) is 0 Å². The highest BCUT2D eigenvalue weighted by molar-refractivity contribution is 5.65. The van der Waals surface area contributed by atoms with Gasteiger partial charge >= 0.3 is 0 Å². The van der Waals surface area contributed by atoms with Crippen molar-refractivity contribution in [2.45, 2.75) is 26.2 Å². The zero-order valence-electron chi connectivity index (χ0n) is 9.42. The molecule has 0 radical (unpaired) electrons. The fraction of sp³-hybridized carbons (Fsp3) is 0.357. The molecule has 0 aromatic heterocycles. The van der Waals surface area contributed by atoms with Crippen molar-refractivity contribution in [1.82, 2.24) is 0 Å². The minimum Gasteiger partial charge on any atom is -0.385 e. The van der Waals surface area contributed by atoms with Crippen LogP contribution in [-0.2, 0) is 0 Å². The normalized spacial score (nSPS) is 9.40. The zero-order chi connectivity index (χ0) is 10.9. The Bertz CT molecular complexity index is 335. The molecule has 1 aromatic rings. The van der Waals surface area contributed by atoms with Crippen LogP contribution in [0, 0.1) is 0 Å². The van der Waals surface area contributed by atoms with Crippen LogP contribution in [-0.4, -0.2) is 6.54 Å². The van der Waals surface area contributed by atoms with Crippen LogP contribution in [0.4, 0.5) is 5.69 Å². The van der Waals surface area contributed by atoms with E-state index in [1.165, 1.54) is 24.9 Å². The Morgan fingerprint density at radius 2 is 2.13 bits per heavy atom. The van der Waals surface area contributed by atoms with Crippen molar-refractivity contribution in [2.75, 3.05) is 11.9 Å². The smallest absolute Gasteiger partial charge is 0.0420 e. The first-order valence-corrected chi connectivity index (χ1v) is 5.57. The summed E-state index contributed by atoms with van der Waals surface area (Å²) in [5, 5.41) is 3.43. The highest BCUT2D eigenvalue weighted by Crippen LogP contribution is 2.16. The third-order valence-corrected chi connectivity index (χ3v) is 2.31. The lowest BCUT2D eigenvalue weighted by Crippen LogP contribution is -2.02. The molecule has 0 aliphatic rings. The van der Waals surface area contributed by atoms with Gasteiger partial charge in [0.05, 0.1) is 0 Å². The largest absolute Gasteiger partial charge is 0.385 e. The van der Waals surface area contributed by atoms with E-state index in [1.54, 1.807) is 0 Å². The topological polar surface area (TPSA) is 12.0 Å². The SMILES string of the molecule is C=C=Cc1ccccc1NCCCCC. The van der Waals surface area contributed by atoms with Gasteiger partial charge in [-0.05, 0) is 18.6 Å². The van der Waals surface area contributed by atoms with Crippen LogP contribution >= 0.6 is 0 Å². The summed E-state index contributed by atoms with van der Waals surface area (Å²) in [5.74, 6) is 0. The summed E-state index contributed by atoms with van der Waals surface area (Å²) in [6, 6.07) is 8.23. The van der Waals surface area contributed by atoms with Crippen molar-refractivity contribution in [2.24, 2.45) is 0 Å². The van der Waals surface area contributed by atoms with Gasteiger partial charge in [0.2, 0.25) is 0 Å². The van der Waals surface area contributed by atoms with Crippen molar-refractivity contribution in [3.8, 4) is 0 Å². The molecule has 0 amide bonds. The van der Waals surface area contributed by atoms with Gasteiger partial charge in [0, 0.05) is 17.8 Å². The van der Waals surface area contributed by atoms with Gasteiger partial charge in [-0.1, -0.05) is 44.5 Å². The Labute approximate surface area is 92.5 Å². The molecule has 0 saturated heterocycles. The Morgan fingerprint density at radius 3 is 2.87 bits per heavy atom. The highest BCUT2D eigenvalue weighted by Gasteiger charge is 1.96. The summed E-state index contributed by atoms with van der Waals surface area (Å²) in [7, 11) is 0. The van der Waals surface area contributed by atoms with E-state index in [9.17, 15) is 0 Å². The lowest BCUT2D eigenvalue weighted by molar-refractivity contribution is 0.744. The van der Waals surface area contributed by atoms with E-state index in [4.69, 9.17) is 0 Å². The van der Waals surface area contributed by atoms with Crippen LogP contribution in [0.15, 0.2) is 36.6 Å². The van der Waals surface area contributed by atoms with Gasteiger partial charge in [-0.2, -0.15) is 0 Å². The maximum absolute atomic E-state index is 3.60. The number of hydrogen-bond donors (Lipinski definition) is 1. The predicted molar refractivity (Wildman–Crippen MR) is 68.1 cm³/mol. The van der Waals surface area contributed by atoms with E-state index in [1.807, 2.05) is 18.2 Å². The molecule has 1 rings (SSSR count). The molecule has 1 nitrogen and oxygen atoms in total. The molecule has 1 N–H and O–H groups in total. The fourth-order valence-corrected chi connectivity index (χ4v) is 1.49. The van der Waals surface area contributed by atoms with E-state index in [0.717, 1.165) is 12.1 Å². The second kappa shape index (κ2) is 6.92. The molecule has 80 valence electrons. The Morgan fingerprint density at radius 1 is 1.33 bits per heavy atom. The van der Waals surface area contributed by atoms with Gasteiger partial charge in [-0.25, -0.2) is 0 Å². The minimum atomic E-state index is 1.04. The average Bonchev–Trinajstić information content (AvgIpc) is 2.27. The third-order valence-electron chi connectivity index (χ3n) is 2.31. The van der Waals surface area contributed by atoms with Crippen molar-refractivity contribution < 1.29 is 0 Å². The van der Waals surface area contributed by atoms with Crippen LogP contribution in [0.3, 0.4) is 0 Å². The quantitative estimate of drug-likeness (QED) is 0.540. The Hall–Kier alpha value is -1.46. The van der Waals surface area contributed by atoms with Crippen molar-refractivity contribution in [3.63, 3.8) is 0 Å². The third kappa shape index (κ3) is 4.05. The highest BCUT2D eigenvalue weighted by atomic mass is 14.9. The van der Waals surface area contributed by atoms with Crippen molar-refractivity contribution in [3.05, 3.63) is 42.1 Å². The summed E-state index contributed by atoms with van der Waals surface area (Å²) in [4.78, 5) is 0. The number of benzene rings is 1. The second-order valence-corrected chi connectivity index (χ2v) is 3.57. The first-order chi connectivity index (χ1) is 7.38. The van der Waals surface area contributed by atoms with Crippen molar-refractivity contribution in [1.29, 1.82) is 0 Å². The van der Waals surface area contributed by atoms with E-state index in [2.05, 4.69) is 36.7 Å². The Balaban J connectivity index is 2.55. The predicted octanol–water partition coefficient (Wildman–Crippen LogP) is 4.09. The molecule has 0 aliphatic carbocycles. The molecular formula is C14H19N. The molecule has 0 unspecified atom stereocenters. The molecule has 1 heteroatoms. The van der Waals surface area contributed by atoms with Gasteiger partial charge in [-0.3, -0.25) is 0 Å². The first-order valence-electron chi connectivity index (χ1n) is 5.57. The standard InChI is InChI=1S/C14H19N/c1-3-5-8-12-15-14-11-7-6-10-13(14)9-4-2/h6-7,9-11,15H,2-3,5,8,12H2,1H3. The van der Waals surface area contributed by atoms with E-state index < -0.39 is 0 Å². The number of hydrogen-bond acceptors (Lipinski definition) is 1. The molecule has 15 heavy (non-hydrogen) atoms. The van der Waals surface area contributed by atoms with Gasteiger partial charge < -0.3 is 5.32 Å². The summed E-state index contributed by atoms with van der Waals surface area (Å²) in [5.41, 5.74) is 5.14. The minimum absolute atomic E-state index is 1.04. The first kappa shape index (κ1) is 11.6. The van der Waals surface area contributed by atoms with Crippen LogP contribution in [0.2, 0.25) is 0 Å². The Kier molecular flexibility index (Phi) is 5.35. The summed E-state index contributed by atoms with van der Waals surface area (Å²) >= 11 is 0. The number of para-hydroxylation sites is 1. The molecule has 0 bridgehead atoms. The molecule has 0 heterocycles. The van der Waals surface area contributed by atoms with E-state index in [-0.39, 0.29) is 0 Å². The molecule has 0 atom stereocenters. The van der Waals surface area contributed by atoms with Crippen molar-refractivity contribution >= 4 is 11.8 Å². The molecule has 1 aromatic carbocycles. The van der Waals surface area contributed by atoms with Crippen LogP contribution in [0.25, 0.3) is 6.08 Å². The number of anilines is 1. The number of unbranched alkanes of at least 4 members (excludes halogenated alkanes) is 2. The lowest BCUT2D eigenvalue weighted by Gasteiger charge is -2.08.